The lowest BCUT2D eigenvalue weighted by atomic mass is 9.74. The summed E-state index contributed by atoms with van der Waals surface area (Å²) in [7, 11) is 0. The van der Waals surface area contributed by atoms with Crippen LogP contribution in [-0.2, 0) is 22.6 Å². The van der Waals surface area contributed by atoms with Gasteiger partial charge in [-0.1, -0.05) is 31.5 Å². The van der Waals surface area contributed by atoms with E-state index in [1.54, 1.807) is 6.07 Å². The third kappa shape index (κ3) is 5.93. The van der Waals surface area contributed by atoms with Crippen LogP contribution in [0, 0.1) is 17.8 Å². The minimum absolute atomic E-state index is 0.119. The molecular weight excluding hydrogens is 450 g/mol. The van der Waals surface area contributed by atoms with E-state index in [2.05, 4.69) is 4.90 Å². The van der Waals surface area contributed by atoms with Gasteiger partial charge in [0.25, 0.3) is 0 Å². The van der Waals surface area contributed by atoms with Gasteiger partial charge in [0.05, 0.1) is 17.9 Å². The molecule has 0 spiro atoms. The molecule has 1 saturated carbocycles. The highest BCUT2D eigenvalue weighted by molar-refractivity contribution is 6.30. The molecule has 1 heterocycles. The highest BCUT2D eigenvalue weighted by Gasteiger charge is 2.32. The molecule has 5 nitrogen and oxygen atoms in total. The monoisotopic (exact) mass is 483 g/mol. The van der Waals surface area contributed by atoms with Crippen molar-refractivity contribution in [1.82, 2.24) is 0 Å². The van der Waals surface area contributed by atoms with Crippen molar-refractivity contribution in [3.8, 4) is 5.75 Å². The van der Waals surface area contributed by atoms with Crippen LogP contribution in [0.3, 0.4) is 0 Å². The number of ether oxygens (including phenoxy) is 2. The van der Waals surface area contributed by atoms with Crippen molar-refractivity contribution in [3.63, 3.8) is 0 Å². The molecule has 0 aromatic heterocycles. The molecule has 2 aliphatic rings. The van der Waals surface area contributed by atoms with E-state index in [1.807, 2.05) is 44.2 Å². The van der Waals surface area contributed by atoms with E-state index in [0.29, 0.717) is 24.7 Å². The van der Waals surface area contributed by atoms with Crippen molar-refractivity contribution >= 4 is 29.5 Å². The fraction of sp³-hybridized carbons (Fsp3) is 0.500. The molecule has 0 N–H and O–H groups in total. The number of carbonyl (C=O) groups excluding carboxylic acids is 2. The molecule has 0 unspecified atom stereocenters. The van der Waals surface area contributed by atoms with Crippen LogP contribution in [0.1, 0.15) is 61.0 Å². The van der Waals surface area contributed by atoms with Gasteiger partial charge in [-0.2, -0.15) is 0 Å². The molecule has 4 rings (SSSR count). The normalized spacial score (nSPS) is 20.3. The zero-order chi connectivity index (χ0) is 24.1. The van der Waals surface area contributed by atoms with Crippen LogP contribution in [0.2, 0.25) is 5.02 Å². The first-order chi connectivity index (χ1) is 16.4. The molecule has 2 atom stereocenters. The van der Waals surface area contributed by atoms with Crippen molar-refractivity contribution in [3.05, 3.63) is 58.1 Å². The minimum atomic E-state index is -0.319. The molecule has 0 radical (unpaired) electrons. The molecule has 0 amide bonds. The van der Waals surface area contributed by atoms with Crippen molar-refractivity contribution < 1.29 is 19.1 Å². The van der Waals surface area contributed by atoms with E-state index in [0.717, 1.165) is 73.5 Å². The summed E-state index contributed by atoms with van der Waals surface area (Å²) in [5.74, 6) is 1.15. The van der Waals surface area contributed by atoms with Crippen LogP contribution in [-0.4, -0.2) is 32.0 Å². The Kier molecular flexibility index (Phi) is 8.15. The Morgan fingerprint density at radius 3 is 2.76 bits per heavy atom. The van der Waals surface area contributed by atoms with Gasteiger partial charge >= 0.3 is 5.97 Å². The average Bonchev–Trinajstić information content (AvgIpc) is 2.83. The summed E-state index contributed by atoms with van der Waals surface area (Å²) in [6, 6.07) is 11.5. The minimum Gasteiger partial charge on any atom is -0.487 e. The maximum atomic E-state index is 12.7. The van der Waals surface area contributed by atoms with E-state index >= 15 is 0 Å². The van der Waals surface area contributed by atoms with Crippen molar-refractivity contribution in [2.45, 2.75) is 52.6 Å². The lowest BCUT2D eigenvalue weighted by molar-refractivity contribution is -0.115. The summed E-state index contributed by atoms with van der Waals surface area (Å²) in [6.07, 6.45) is 6.07. The Bertz CT molecular complexity index is 1020. The molecule has 0 saturated heterocycles. The van der Waals surface area contributed by atoms with Crippen molar-refractivity contribution in [2.24, 2.45) is 17.8 Å². The zero-order valence-corrected chi connectivity index (χ0v) is 20.9. The van der Waals surface area contributed by atoms with Crippen molar-refractivity contribution in [1.29, 1.82) is 0 Å². The number of aryl methyl sites for hydroxylation is 1. The first kappa shape index (κ1) is 24.6. The standard InChI is InChI=1S/C28H34ClNO4/c1-19(2)17-34-28(32)21-9-11-27-26(14-21)30(15-22-6-7-23(22)16-31)12-4-3-5-20-13-25(29)10-8-24(20)18-33-27/h8-11,13-14,16,19,22-23H,3-7,12,15,17-18H2,1-2H3/t22-,23-/m0/s1. The number of aldehydes is 1. The topological polar surface area (TPSA) is 55.8 Å². The fourth-order valence-corrected chi connectivity index (χ4v) is 4.87. The van der Waals surface area contributed by atoms with Crippen molar-refractivity contribution in [2.75, 3.05) is 24.6 Å². The molecule has 1 aliphatic carbocycles. The predicted molar refractivity (Wildman–Crippen MR) is 135 cm³/mol. The molecule has 6 heteroatoms. The lowest BCUT2D eigenvalue weighted by Crippen LogP contribution is -2.39. The van der Waals surface area contributed by atoms with Gasteiger partial charge in [-0.15, -0.1) is 0 Å². The second-order valence-corrected chi connectivity index (χ2v) is 10.4. The highest BCUT2D eigenvalue weighted by Crippen LogP contribution is 2.38. The van der Waals surface area contributed by atoms with E-state index in [9.17, 15) is 9.59 Å². The summed E-state index contributed by atoms with van der Waals surface area (Å²) in [4.78, 5) is 26.5. The second-order valence-electron chi connectivity index (χ2n) is 9.92. The first-order valence-corrected chi connectivity index (χ1v) is 12.7. The molecule has 1 fully saturated rings. The van der Waals surface area contributed by atoms with Gasteiger partial charge in [-0.05, 0) is 85.4 Å². The van der Waals surface area contributed by atoms with Gasteiger partial charge in [0.2, 0.25) is 0 Å². The van der Waals surface area contributed by atoms with Gasteiger partial charge in [-0.25, -0.2) is 4.79 Å². The van der Waals surface area contributed by atoms with Crippen LogP contribution in [0.4, 0.5) is 5.69 Å². The molecular formula is C28H34ClNO4. The Morgan fingerprint density at radius 1 is 1.18 bits per heavy atom. The van der Waals surface area contributed by atoms with Gasteiger partial charge in [-0.3, -0.25) is 0 Å². The van der Waals surface area contributed by atoms with Gasteiger partial charge in [0.1, 0.15) is 18.6 Å². The third-order valence-corrected chi connectivity index (χ3v) is 7.10. The third-order valence-electron chi connectivity index (χ3n) is 6.86. The number of hydrogen-bond acceptors (Lipinski definition) is 5. The first-order valence-electron chi connectivity index (χ1n) is 12.4. The van der Waals surface area contributed by atoms with Crippen LogP contribution < -0.4 is 9.64 Å². The number of carbonyl (C=O) groups is 2. The van der Waals surface area contributed by atoms with Gasteiger partial charge in [0.15, 0.2) is 0 Å². The molecule has 34 heavy (non-hydrogen) atoms. The fourth-order valence-electron chi connectivity index (χ4n) is 4.67. The number of halogens is 1. The van der Waals surface area contributed by atoms with E-state index in [1.165, 1.54) is 5.56 Å². The molecule has 1 aliphatic heterocycles. The Hall–Kier alpha value is -2.53. The van der Waals surface area contributed by atoms with E-state index < -0.39 is 0 Å². The largest absolute Gasteiger partial charge is 0.487 e. The number of rotatable bonds is 6. The Balaban J connectivity index is 1.65. The van der Waals surface area contributed by atoms with Crippen LogP contribution in [0.25, 0.3) is 0 Å². The summed E-state index contributed by atoms with van der Waals surface area (Å²) < 4.78 is 11.8. The maximum absolute atomic E-state index is 12.7. The number of benzene rings is 2. The quantitative estimate of drug-likeness (QED) is 0.367. The van der Waals surface area contributed by atoms with Crippen LogP contribution in [0.15, 0.2) is 36.4 Å². The van der Waals surface area contributed by atoms with E-state index in [4.69, 9.17) is 21.1 Å². The Morgan fingerprint density at radius 2 is 2.03 bits per heavy atom. The summed E-state index contributed by atoms with van der Waals surface area (Å²) in [5, 5.41) is 0.741. The smallest absolute Gasteiger partial charge is 0.338 e. The van der Waals surface area contributed by atoms with Gasteiger partial charge in [0, 0.05) is 24.0 Å². The molecule has 2 aromatic rings. The summed E-state index contributed by atoms with van der Waals surface area (Å²) >= 11 is 6.26. The molecule has 182 valence electrons. The lowest BCUT2D eigenvalue weighted by Gasteiger charge is -2.38. The SMILES string of the molecule is CC(C)COC(=O)c1ccc2c(c1)N(C[C@@H]1CC[C@H]1C=O)CCCCc1cc(Cl)ccc1CO2. The van der Waals surface area contributed by atoms with E-state index in [-0.39, 0.29) is 17.8 Å². The number of nitrogens with zero attached hydrogens (tertiary/aromatic N) is 1. The number of esters is 1. The number of hydrogen-bond donors (Lipinski definition) is 0. The van der Waals surface area contributed by atoms with Crippen LogP contribution in [0.5, 0.6) is 5.75 Å². The number of fused-ring (bicyclic) bond motifs is 2. The predicted octanol–water partition coefficient (Wildman–Crippen LogP) is 6.10. The maximum Gasteiger partial charge on any atom is 0.338 e. The number of anilines is 1. The van der Waals surface area contributed by atoms with Gasteiger partial charge < -0.3 is 19.2 Å². The molecule has 2 aromatic carbocycles. The average molecular weight is 484 g/mol. The van der Waals surface area contributed by atoms with Crippen LogP contribution >= 0.6 is 11.6 Å². The Labute approximate surface area is 207 Å². The second kappa shape index (κ2) is 11.3. The molecule has 0 bridgehead atoms. The highest BCUT2D eigenvalue weighted by atomic mass is 35.5. The summed E-state index contributed by atoms with van der Waals surface area (Å²) in [5.41, 5.74) is 3.77. The summed E-state index contributed by atoms with van der Waals surface area (Å²) in [6.45, 7) is 6.48. The zero-order valence-electron chi connectivity index (χ0n) is 20.1.